The number of hydrogen-bond donors (Lipinski definition) is 2. The summed E-state index contributed by atoms with van der Waals surface area (Å²) in [4.78, 5) is 25.0. The van der Waals surface area contributed by atoms with Crippen molar-refractivity contribution in [1.82, 2.24) is 5.32 Å². The molecule has 1 amide bonds. The lowest BCUT2D eigenvalue weighted by molar-refractivity contribution is -0.119. The predicted octanol–water partition coefficient (Wildman–Crippen LogP) is 1.02. The van der Waals surface area contributed by atoms with Crippen LogP contribution in [0.1, 0.15) is 23.7 Å². The average molecular weight is 279 g/mol. The van der Waals surface area contributed by atoms with Crippen molar-refractivity contribution < 1.29 is 14.3 Å². The summed E-state index contributed by atoms with van der Waals surface area (Å²) in [7, 11) is 3.08. The lowest BCUT2D eigenvalue weighted by Crippen LogP contribution is -2.35. The Bertz CT molecular complexity index is 489. The van der Waals surface area contributed by atoms with Crippen LogP contribution in [0, 0.1) is 0 Å². The van der Waals surface area contributed by atoms with E-state index in [9.17, 15) is 9.59 Å². The lowest BCUT2D eigenvalue weighted by Gasteiger charge is -2.19. The first-order chi connectivity index (χ1) is 9.49. The van der Waals surface area contributed by atoms with Gasteiger partial charge in [-0.2, -0.15) is 0 Å². The number of carbonyl (C=O) groups excluding carboxylic acids is 2. The highest BCUT2D eigenvalue weighted by Gasteiger charge is 2.13. The fraction of sp³-hybridized carbons (Fsp3) is 0.429. The third-order valence-electron chi connectivity index (χ3n) is 2.84. The molecule has 1 rings (SSSR count). The van der Waals surface area contributed by atoms with Crippen LogP contribution >= 0.6 is 0 Å². The zero-order valence-electron chi connectivity index (χ0n) is 12.1. The Morgan fingerprint density at radius 3 is 2.70 bits per heavy atom. The first-order valence-electron chi connectivity index (χ1n) is 6.45. The van der Waals surface area contributed by atoms with Gasteiger partial charge in [-0.1, -0.05) is 6.92 Å². The molecule has 0 bridgehead atoms. The minimum Gasteiger partial charge on any atom is -0.465 e. The van der Waals surface area contributed by atoms with Gasteiger partial charge in [0.1, 0.15) is 0 Å². The van der Waals surface area contributed by atoms with Crippen molar-refractivity contribution in [1.29, 1.82) is 0 Å². The number of amides is 1. The summed E-state index contributed by atoms with van der Waals surface area (Å²) >= 11 is 0. The van der Waals surface area contributed by atoms with Crippen LogP contribution in [-0.4, -0.2) is 39.1 Å². The van der Waals surface area contributed by atoms with Gasteiger partial charge in [0, 0.05) is 25.0 Å². The lowest BCUT2D eigenvalue weighted by atomic mass is 10.1. The number of carbonyl (C=O) groups is 2. The second kappa shape index (κ2) is 7.37. The van der Waals surface area contributed by atoms with Gasteiger partial charge in [-0.05, 0) is 24.6 Å². The molecule has 0 fully saturated rings. The first kappa shape index (κ1) is 15.8. The highest BCUT2D eigenvalue weighted by Crippen LogP contribution is 2.21. The fourth-order valence-electron chi connectivity index (χ4n) is 1.70. The molecule has 6 heteroatoms. The quantitative estimate of drug-likeness (QED) is 0.600. The maximum Gasteiger partial charge on any atom is 0.340 e. The monoisotopic (exact) mass is 279 g/mol. The zero-order chi connectivity index (χ0) is 15.1. The summed E-state index contributed by atoms with van der Waals surface area (Å²) in [5.74, 6) is -0.557. The van der Waals surface area contributed by atoms with Crippen molar-refractivity contribution in [2.75, 3.05) is 37.9 Å². The number of nitrogens with one attached hydrogen (secondary N) is 1. The van der Waals surface area contributed by atoms with Gasteiger partial charge in [-0.25, -0.2) is 4.79 Å². The third-order valence-corrected chi connectivity index (χ3v) is 2.84. The van der Waals surface area contributed by atoms with E-state index in [0.717, 1.165) is 12.1 Å². The molecule has 0 radical (unpaired) electrons. The number of nitrogen functional groups attached to an aromatic ring is 1. The molecule has 3 N–H and O–H groups in total. The minimum absolute atomic E-state index is 0.0641. The topological polar surface area (TPSA) is 84.7 Å². The number of nitrogens with two attached hydrogens (primary N) is 1. The van der Waals surface area contributed by atoms with Crippen LogP contribution in [-0.2, 0) is 9.53 Å². The van der Waals surface area contributed by atoms with E-state index >= 15 is 0 Å². The van der Waals surface area contributed by atoms with Crippen LogP contribution in [0.2, 0.25) is 0 Å². The molecule has 0 saturated carbocycles. The molecular weight excluding hydrogens is 258 g/mol. The molecule has 0 unspecified atom stereocenters. The average Bonchev–Trinajstić information content (AvgIpc) is 2.44. The summed E-state index contributed by atoms with van der Waals surface area (Å²) < 4.78 is 4.67. The number of rotatable bonds is 6. The van der Waals surface area contributed by atoms with Gasteiger partial charge in [-0.15, -0.1) is 0 Å². The van der Waals surface area contributed by atoms with Crippen molar-refractivity contribution in [2.45, 2.75) is 13.3 Å². The molecule has 0 aliphatic heterocycles. The molecule has 0 heterocycles. The van der Waals surface area contributed by atoms with Crippen molar-refractivity contribution in [3.63, 3.8) is 0 Å². The Morgan fingerprint density at radius 1 is 1.40 bits per heavy atom. The van der Waals surface area contributed by atoms with Crippen LogP contribution in [0.4, 0.5) is 11.4 Å². The summed E-state index contributed by atoms with van der Waals surface area (Å²) in [5.41, 5.74) is 7.11. The van der Waals surface area contributed by atoms with Crippen molar-refractivity contribution >= 4 is 23.3 Å². The molecule has 20 heavy (non-hydrogen) atoms. The molecule has 0 atom stereocenters. The van der Waals surface area contributed by atoms with Crippen molar-refractivity contribution in [3.05, 3.63) is 23.8 Å². The Kier molecular flexibility index (Phi) is 5.83. The summed E-state index contributed by atoms with van der Waals surface area (Å²) in [6, 6.07) is 5.01. The van der Waals surface area contributed by atoms with Crippen LogP contribution < -0.4 is 16.0 Å². The van der Waals surface area contributed by atoms with E-state index in [1.165, 1.54) is 7.11 Å². The second-order valence-corrected chi connectivity index (χ2v) is 4.47. The highest BCUT2D eigenvalue weighted by molar-refractivity contribution is 5.96. The number of esters is 1. The minimum atomic E-state index is -0.492. The Morgan fingerprint density at radius 2 is 2.10 bits per heavy atom. The number of nitrogens with zero attached hydrogens (tertiary/aromatic N) is 1. The summed E-state index contributed by atoms with van der Waals surface area (Å²) in [6.07, 6.45) is 0.893. The zero-order valence-corrected chi connectivity index (χ0v) is 12.1. The van der Waals surface area contributed by atoms with E-state index < -0.39 is 5.97 Å². The van der Waals surface area contributed by atoms with Gasteiger partial charge < -0.3 is 20.7 Å². The maximum absolute atomic E-state index is 11.7. The van der Waals surface area contributed by atoms with Gasteiger partial charge in [0.05, 0.1) is 19.2 Å². The van der Waals surface area contributed by atoms with Gasteiger partial charge in [0.2, 0.25) is 5.91 Å². The number of ether oxygens (including phenoxy) is 1. The van der Waals surface area contributed by atoms with E-state index in [4.69, 9.17) is 5.73 Å². The molecule has 6 nitrogen and oxygen atoms in total. The largest absolute Gasteiger partial charge is 0.465 e. The van der Waals surface area contributed by atoms with Crippen molar-refractivity contribution in [3.8, 4) is 0 Å². The normalized spacial score (nSPS) is 9.95. The van der Waals surface area contributed by atoms with Gasteiger partial charge in [0.25, 0.3) is 0 Å². The molecule has 1 aromatic carbocycles. The summed E-state index contributed by atoms with van der Waals surface area (Å²) in [5, 5.41) is 2.80. The smallest absolute Gasteiger partial charge is 0.340 e. The molecule has 0 saturated heterocycles. The molecule has 110 valence electrons. The third kappa shape index (κ3) is 4.15. The standard InChI is InChI=1S/C14H21N3O3/c1-4-7-16-13(18)9-17(2)10-5-6-12(15)11(8-10)14(19)20-3/h5-6,8H,4,7,9,15H2,1-3H3,(H,16,18). The van der Waals surface area contributed by atoms with E-state index in [0.29, 0.717) is 17.8 Å². The first-order valence-corrected chi connectivity index (χ1v) is 6.45. The van der Waals surface area contributed by atoms with E-state index in [1.54, 1.807) is 30.1 Å². The fourth-order valence-corrected chi connectivity index (χ4v) is 1.70. The Labute approximate surface area is 118 Å². The summed E-state index contributed by atoms with van der Waals surface area (Å²) in [6.45, 7) is 2.86. The predicted molar refractivity (Wildman–Crippen MR) is 78.8 cm³/mol. The van der Waals surface area contributed by atoms with Gasteiger partial charge in [0.15, 0.2) is 0 Å². The molecule has 0 aliphatic rings. The van der Waals surface area contributed by atoms with E-state index in [2.05, 4.69) is 10.1 Å². The van der Waals surface area contributed by atoms with E-state index in [1.807, 2.05) is 6.92 Å². The Hall–Kier alpha value is -2.24. The second-order valence-electron chi connectivity index (χ2n) is 4.47. The SMILES string of the molecule is CCCNC(=O)CN(C)c1ccc(N)c(C(=O)OC)c1. The van der Waals surface area contributed by atoms with E-state index in [-0.39, 0.29) is 12.5 Å². The molecule has 0 spiro atoms. The van der Waals surface area contributed by atoms with Crippen LogP contribution in [0.5, 0.6) is 0 Å². The van der Waals surface area contributed by atoms with Gasteiger partial charge >= 0.3 is 5.97 Å². The van der Waals surface area contributed by atoms with Crippen LogP contribution in [0.15, 0.2) is 18.2 Å². The molecule has 0 aliphatic carbocycles. The van der Waals surface area contributed by atoms with Crippen molar-refractivity contribution in [2.24, 2.45) is 0 Å². The number of hydrogen-bond acceptors (Lipinski definition) is 5. The highest BCUT2D eigenvalue weighted by atomic mass is 16.5. The number of likely N-dealkylation sites (N-methyl/N-ethyl adjacent to an activating group) is 1. The maximum atomic E-state index is 11.7. The molecule has 0 aromatic heterocycles. The molecular formula is C14H21N3O3. The number of benzene rings is 1. The van der Waals surface area contributed by atoms with Gasteiger partial charge in [-0.3, -0.25) is 4.79 Å². The Balaban J connectivity index is 2.80. The number of methoxy groups -OCH3 is 1. The van der Waals surface area contributed by atoms with Crippen LogP contribution in [0.3, 0.4) is 0 Å². The van der Waals surface area contributed by atoms with Crippen LogP contribution in [0.25, 0.3) is 0 Å². The molecule has 1 aromatic rings. The number of anilines is 2.